The van der Waals surface area contributed by atoms with Gasteiger partial charge in [-0.25, -0.2) is 0 Å². The Bertz CT molecular complexity index is 410. The fourth-order valence-corrected chi connectivity index (χ4v) is 2.93. The summed E-state index contributed by atoms with van der Waals surface area (Å²) in [6, 6.07) is 6.08. The van der Waals surface area contributed by atoms with E-state index < -0.39 is 5.60 Å². The molecule has 0 unspecified atom stereocenters. The molecule has 0 radical (unpaired) electrons. The molecule has 0 amide bonds. The lowest BCUT2D eigenvalue weighted by Crippen LogP contribution is -2.24. The molecule has 4 heteroatoms. The Labute approximate surface area is 124 Å². The Kier molecular flexibility index (Phi) is 5.44. The van der Waals surface area contributed by atoms with E-state index in [1.165, 1.54) is 9.13 Å². The largest absolute Gasteiger partial charge is 0.460 e. The quantitative estimate of drug-likeness (QED) is 0.547. The topological polar surface area (TPSA) is 26.3 Å². The van der Waals surface area contributed by atoms with Gasteiger partial charge in [-0.15, -0.1) is 0 Å². The van der Waals surface area contributed by atoms with Gasteiger partial charge >= 0.3 is 5.97 Å². The van der Waals surface area contributed by atoms with Crippen LogP contribution >= 0.6 is 38.5 Å². The van der Waals surface area contributed by atoms with Gasteiger partial charge in [0.1, 0.15) is 5.60 Å². The van der Waals surface area contributed by atoms with Gasteiger partial charge in [0.2, 0.25) is 0 Å². The number of carbonyl (C=O) groups is 1. The number of hydrogen-bond donors (Lipinski definition) is 0. The summed E-state index contributed by atoms with van der Waals surface area (Å²) in [6.45, 7) is 5.65. The number of halogens is 2. The smallest absolute Gasteiger partial charge is 0.306 e. The summed E-state index contributed by atoms with van der Waals surface area (Å²) >= 11 is 5.70. The van der Waals surface area contributed by atoms with Gasteiger partial charge in [0.15, 0.2) is 0 Å². The van der Waals surface area contributed by atoms with E-state index >= 15 is 0 Å². The van der Waals surface area contributed by atoms with Crippen molar-refractivity contribution in [1.82, 2.24) is 0 Å². The van der Waals surface area contributed by atoms with Crippen molar-refractivity contribution in [3.05, 3.63) is 31.8 Å². The van der Waals surface area contributed by atoms with Gasteiger partial charge in [0.05, 0.1) is 0 Å². The van der Waals surface area contributed by atoms with Crippen molar-refractivity contribution in [2.24, 2.45) is 0 Å². The highest BCUT2D eigenvalue weighted by Gasteiger charge is 2.16. The predicted octanol–water partition coefficient (Wildman–Crippen LogP) is 4.33. The third-order valence-corrected chi connectivity index (χ3v) is 3.53. The fraction of sp³-hybridized carbons (Fsp3) is 0.462. The van der Waals surface area contributed by atoms with Crippen molar-refractivity contribution in [3.63, 3.8) is 0 Å². The molecule has 0 fully saturated rings. The molecule has 0 N–H and O–H groups in total. The van der Waals surface area contributed by atoms with E-state index in [9.17, 15) is 4.79 Å². The second-order valence-electron chi connectivity index (χ2n) is 4.82. The molecule has 0 aliphatic heterocycles. The summed E-state index contributed by atoms with van der Waals surface area (Å²) in [5.41, 5.74) is 0.781. The first-order valence-electron chi connectivity index (χ1n) is 5.44. The number of rotatable bonds is 3. The number of esters is 1. The van der Waals surface area contributed by atoms with E-state index in [-0.39, 0.29) is 5.97 Å². The third kappa shape index (κ3) is 5.86. The van der Waals surface area contributed by atoms with Crippen LogP contribution in [-0.4, -0.2) is 11.6 Å². The first kappa shape index (κ1) is 15.0. The van der Waals surface area contributed by atoms with E-state index in [1.54, 1.807) is 0 Å². The zero-order valence-corrected chi connectivity index (χ0v) is 14.0. The van der Waals surface area contributed by atoms with Crippen LogP contribution in [0.5, 0.6) is 0 Å². The summed E-state index contributed by atoms with van der Waals surface area (Å²) in [6.07, 6.45) is 1.15. The molecule has 0 bridgehead atoms. The van der Waals surface area contributed by atoms with Gasteiger partial charge in [-0.05, 0) is 67.5 Å². The SMILES string of the molecule is CC(C)(C)OC(=O)CCc1ccc(Br)cc1I. The van der Waals surface area contributed by atoms with Gasteiger partial charge in [0.25, 0.3) is 0 Å². The van der Waals surface area contributed by atoms with Gasteiger partial charge in [-0.3, -0.25) is 4.79 Å². The van der Waals surface area contributed by atoms with Crippen molar-refractivity contribution in [1.29, 1.82) is 0 Å². The molecular weight excluding hydrogens is 395 g/mol. The molecule has 1 rings (SSSR count). The van der Waals surface area contributed by atoms with Crippen LogP contribution in [0.4, 0.5) is 0 Å². The minimum atomic E-state index is -0.399. The van der Waals surface area contributed by atoms with Crippen LogP contribution in [0.3, 0.4) is 0 Å². The van der Waals surface area contributed by atoms with E-state index in [4.69, 9.17) is 4.74 Å². The number of ether oxygens (including phenoxy) is 1. The molecule has 0 saturated carbocycles. The molecule has 0 aromatic heterocycles. The summed E-state index contributed by atoms with van der Waals surface area (Å²) < 4.78 is 7.50. The number of hydrogen-bond acceptors (Lipinski definition) is 2. The second-order valence-corrected chi connectivity index (χ2v) is 6.90. The maximum absolute atomic E-state index is 11.6. The molecule has 2 nitrogen and oxygen atoms in total. The second kappa shape index (κ2) is 6.18. The van der Waals surface area contributed by atoms with Gasteiger partial charge in [-0.2, -0.15) is 0 Å². The molecular formula is C13H16BrIO2. The van der Waals surface area contributed by atoms with E-state index in [2.05, 4.69) is 38.5 Å². The summed E-state index contributed by atoms with van der Waals surface area (Å²) in [7, 11) is 0. The monoisotopic (exact) mass is 410 g/mol. The first-order valence-corrected chi connectivity index (χ1v) is 7.31. The lowest BCUT2D eigenvalue weighted by molar-refractivity contribution is -0.154. The van der Waals surface area contributed by atoms with Crippen LogP contribution in [0.1, 0.15) is 32.8 Å². The Hall–Kier alpha value is -0.100. The molecule has 0 spiro atoms. The van der Waals surface area contributed by atoms with Crippen LogP contribution in [0.15, 0.2) is 22.7 Å². The lowest BCUT2D eigenvalue weighted by atomic mass is 10.1. The van der Waals surface area contributed by atoms with E-state index in [1.807, 2.05) is 39.0 Å². The standard InChI is InChI=1S/C13H16BrIO2/c1-13(2,3)17-12(16)7-5-9-4-6-10(14)8-11(9)15/h4,6,8H,5,7H2,1-3H3. The fourth-order valence-electron chi connectivity index (χ4n) is 1.35. The average Bonchev–Trinajstić information content (AvgIpc) is 2.13. The minimum absolute atomic E-state index is 0.142. The first-order chi connectivity index (χ1) is 7.78. The Morgan fingerprint density at radius 1 is 1.41 bits per heavy atom. The van der Waals surface area contributed by atoms with E-state index in [0.717, 1.165) is 10.9 Å². The Morgan fingerprint density at radius 3 is 2.59 bits per heavy atom. The minimum Gasteiger partial charge on any atom is -0.460 e. The predicted molar refractivity (Wildman–Crippen MR) is 81.0 cm³/mol. The highest BCUT2D eigenvalue weighted by Crippen LogP contribution is 2.20. The van der Waals surface area contributed by atoms with Crippen molar-refractivity contribution in [3.8, 4) is 0 Å². The van der Waals surface area contributed by atoms with Gasteiger partial charge < -0.3 is 4.74 Å². The van der Waals surface area contributed by atoms with Crippen LogP contribution in [0, 0.1) is 3.57 Å². The molecule has 1 aromatic carbocycles. The summed E-state index contributed by atoms with van der Waals surface area (Å²) in [5, 5.41) is 0. The van der Waals surface area contributed by atoms with Crippen molar-refractivity contribution >= 4 is 44.5 Å². The zero-order valence-electron chi connectivity index (χ0n) is 10.2. The van der Waals surface area contributed by atoms with Crippen LogP contribution < -0.4 is 0 Å². The maximum Gasteiger partial charge on any atom is 0.306 e. The van der Waals surface area contributed by atoms with Gasteiger partial charge in [-0.1, -0.05) is 22.0 Å². The number of benzene rings is 1. The Morgan fingerprint density at radius 2 is 2.06 bits per heavy atom. The normalized spacial score (nSPS) is 11.4. The van der Waals surface area contributed by atoms with Gasteiger partial charge in [0, 0.05) is 14.5 Å². The molecule has 0 aliphatic carbocycles. The average molecular weight is 411 g/mol. The molecule has 0 atom stereocenters. The molecule has 0 heterocycles. The van der Waals surface area contributed by atoms with Crippen LogP contribution in [-0.2, 0) is 16.0 Å². The third-order valence-electron chi connectivity index (χ3n) is 2.03. The zero-order chi connectivity index (χ0) is 13.1. The number of aryl methyl sites for hydroxylation is 1. The Balaban J connectivity index is 2.53. The van der Waals surface area contributed by atoms with Crippen LogP contribution in [0.2, 0.25) is 0 Å². The molecule has 0 saturated heterocycles. The van der Waals surface area contributed by atoms with Crippen molar-refractivity contribution in [2.75, 3.05) is 0 Å². The van der Waals surface area contributed by atoms with Crippen LogP contribution in [0.25, 0.3) is 0 Å². The molecule has 0 aliphatic rings. The van der Waals surface area contributed by atoms with Crippen molar-refractivity contribution < 1.29 is 9.53 Å². The summed E-state index contributed by atoms with van der Waals surface area (Å²) in [5.74, 6) is -0.142. The highest BCUT2D eigenvalue weighted by atomic mass is 127. The molecule has 17 heavy (non-hydrogen) atoms. The van der Waals surface area contributed by atoms with Crippen molar-refractivity contribution in [2.45, 2.75) is 39.2 Å². The van der Waals surface area contributed by atoms with E-state index in [0.29, 0.717) is 6.42 Å². The lowest BCUT2D eigenvalue weighted by Gasteiger charge is -2.19. The molecule has 1 aromatic rings. The summed E-state index contributed by atoms with van der Waals surface area (Å²) in [4.78, 5) is 11.6. The molecule has 94 valence electrons. The number of carbonyl (C=O) groups excluding carboxylic acids is 1. The highest BCUT2D eigenvalue weighted by molar-refractivity contribution is 14.1. The maximum atomic E-state index is 11.6.